The van der Waals surface area contributed by atoms with Crippen LogP contribution in [0, 0.1) is 0 Å². The van der Waals surface area contributed by atoms with Crippen LogP contribution in [0.4, 0.5) is 0 Å². The molecular weight excluding hydrogens is 337 g/mol. The minimum Gasteiger partial charge on any atom is -0.439 e. The van der Waals surface area contributed by atoms with Crippen LogP contribution in [0.1, 0.15) is 18.4 Å². The van der Waals surface area contributed by atoms with Crippen molar-refractivity contribution in [2.75, 3.05) is 6.54 Å². The van der Waals surface area contributed by atoms with Gasteiger partial charge >= 0.3 is 0 Å². The Balaban J connectivity index is 0.00000242. The normalized spacial score (nSPS) is 9.26. The summed E-state index contributed by atoms with van der Waals surface area (Å²) in [5.74, 6) is 1.28. The zero-order valence-electron chi connectivity index (χ0n) is 12.6. The van der Waals surface area contributed by atoms with Crippen LogP contribution in [0.15, 0.2) is 48.7 Å². The number of ether oxygens (including phenoxy) is 1. The second kappa shape index (κ2) is 11.7. The van der Waals surface area contributed by atoms with Gasteiger partial charge in [0.1, 0.15) is 5.75 Å². The van der Waals surface area contributed by atoms with E-state index in [0.29, 0.717) is 31.8 Å². The first kappa shape index (κ1) is 21.2. The zero-order chi connectivity index (χ0) is 14.9. The highest BCUT2D eigenvalue weighted by Crippen LogP contribution is 2.18. The van der Waals surface area contributed by atoms with Crippen molar-refractivity contribution >= 4 is 30.7 Å². The number of para-hydroxylation sites is 1. The lowest BCUT2D eigenvalue weighted by Gasteiger charge is -2.07. The van der Waals surface area contributed by atoms with Gasteiger partial charge in [-0.3, -0.25) is 4.79 Å². The van der Waals surface area contributed by atoms with Crippen LogP contribution in [0.25, 0.3) is 0 Å². The molecule has 0 aliphatic carbocycles. The number of amides is 1. The summed E-state index contributed by atoms with van der Waals surface area (Å²) in [4.78, 5) is 15.7. The Morgan fingerprint density at radius 2 is 1.87 bits per heavy atom. The van der Waals surface area contributed by atoms with E-state index < -0.39 is 0 Å². The Kier molecular flexibility index (Phi) is 10.8. The van der Waals surface area contributed by atoms with Gasteiger partial charge in [-0.25, -0.2) is 4.98 Å². The molecule has 5 nitrogen and oxygen atoms in total. The second-order valence-corrected chi connectivity index (χ2v) is 4.59. The number of nitrogens with two attached hydrogens (primary N) is 1. The molecule has 23 heavy (non-hydrogen) atoms. The molecule has 1 heterocycles. The Morgan fingerprint density at radius 1 is 1.13 bits per heavy atom. The fourth-order valence-corrected chi connectivity index (χ4v) is 1.74. The zero-order valence-corrected chi connectivity index (χ0v) is 14.2. The Hall–Kier alpha value is -1.82. The molecule has 0 bridgehead atoms. The number of hydrogen-bond acceptors (Lipinski definition) is 4. The van der Waals surface area contributed by atoms with E-state index >= 15 is 0 Å². The molecule has 0 saturated carbocycles. The minimum absolute atomic E-state index is 0. The molecule has 0 radical (unpaired) electrons. The molecule has 0 aliphatic heterocycles. The van der Waals surface area contributed by atoms with E-state index in [0.717, 1.165) is 11.3 Å². The predicted octanol–water partition coefficient (Wildman–Crippen LogP) is 3.07. The van der Waals surface area contributed by atoms with Crippen molar-refractivity contribution in [3.63, 3.8) is 0 Å². The maximum atomic E-state index is 11.5. The quantitative estimate of drug-likeness (QED) is 0.798. The van der Waals surface area contributed by atoms with Gasteiger partial charge in [-0.15, -0.1) is 24.8 Å². The fraction of sp³-hybridized carbons (Fsp3) is 0.250. The number of nitrogens with one attached hydrogen (secondary N) is 1. The lowest BCUT2D eigenvalue weighted by Crippen LogP contribution is -2.23. The molecule has 126 valence electrons. The summed E-state index contributed by atoms with van der Waals surface area (Å²) in [5.41, 5.74) is 6.29. The van der Waals surface area contributed by atoms with Gasteiger partial charge in [-0.2, -0.15) is 0 Å². The van der Waals surface area contributed by atoms with E-state index in [9.17, 15) is 4.79 Å². The molecule has 1 aromatic heterocycles. The third kappa shape index (κ3) is 7.83. The maximum absolute atomic E-state index is 11.5. The number of hydrogen-bond donors (Lipinski definition) is 2. The molecule has 0 aliphatic rings. The number of halogens is 2. The predicted molar refractivity (Wildman–Crippen MR) is 95.4 cm³/mol. The number of carbonyl (C=O) groups excluding carboxylic acids is 1. The van der Waals surface area contributed by atoms with Gasteiger partial charge < -0.3 is 15.8 Å². The van der Waals surface area contributed by atoms with Crippen molar-refractivity contribution in [3.8, 4) is 11.6 Å². The summed E-state index contributed by atoms with van der Waals surface area (Å²) < 4.78 is 5.60. The average Bonchev–Trinajstić information content (AvgIpc) is 2.53. The van der Waals surface area contributed by atoms with Gasteiger partial charge in [0, 0.05) is 25.2 Å². The number of carbonyl (C=O) groups is 1. The van der Waals surface area contributed by atoms with Crippen LogP contribution in [-0.2, 0) is 11.3 Å². The Morgan fingerprint density at radius 3 is 2.48 bits per heavy atom. The molecule has 3 N–H and O–H groups in total. The highest BCUT2D eigenvalue weighted by Gasteiger charge is 2.02. The van der Waals surface area contributed by atoms with Gasteiger partial charge in [-0.05, 0) is 30.7 Å². The van der Waals surface area contributed by atoms with Crippen molar-refractivity contribution < 1.29 is 9.53 Å². The summed E-state index contributed by atoms with van der Waals surface area (Å²) in [6.45, 7) is 0.989. The molecule has 2 aromatic rings. The monoisotopic (exact) mass is 357 g/mol. The molecular formula is C16H21Cl2N3O2. The van der Waals surface area contributed by atoms with Crippen molar-refractivity contribution in [1.82, 2.24) is 10.3 Å². The smallest absolute Gasteiger partial charge is 0.220 e. The third-order valence-corrected chi connectivity index (χ3v) is 2.86. The summed E-state index contributed by atoms with van der Waals surface area (Å²) in [5, 5.41) is 2.83. The molecule has 0 saturated heterocycles. The standard InChI is InChI=1S/C16H19N3O2.2ClH/c17-10-4-7-15(20)18-11-13-8-9-16(19-12-13)21-14-5-2-1-3-6-14;;/h1-3,5-6,8-9,12H,4,7,10-11,17H2,(H,18,20);2*1H. The topological polar surface area (TPSA) is 77.2 Å². The minimum atomic E-state index is 0. The molecule has 1 amide bonds. The Bertz CT molecular complexity index is 565. The van der Waals surface area contributed by atoms with Crippen LogP contribution in [0.5, 0.6) is 11.6 Å². The lowest BCUT2D eigenvalue weighted by molar-refractivity contribution is -0.121. The summed E-state index contributed by atoms with van der Waals surface area (Å²) in [7, 11) is 0. The van der Waals surface area contributed by atoms with Gasteiger partial charge in [0.05, 0.1) is 0 Å². The number of rotatable bonds is 7. The molecule has 0 spiro atoms. The SMILES string of the molecule is Cl.Cl.NCCCC(=O)NCc1ccc(Oc2ccccc2)nc1. The molecule has 0 fully saturated rings. The maximum Gasteiger partial charge on any atom is 0.220 e. The highest BCUT2D eigenvalue weighted by atomic mass is 35.5. The van der Waals surface area contributed by atoms with E-state index in [1.54, 1.807) is 12.3 Å². The van der Waals surface area contributed by atoms with Crippen molar-refractivity contribution in [3.05, 3.63) is 54.2 Å². The highest BCUT2D eigenvalue weighted by molar-refractivity contribution is 5.85. The fourth-order valence-electron chi connectivity index (χ4n) is 1.74. The van der Waals surface area contributed by atoms with Crippen molar-refractivity contribution in [1.29, 1.82) is 0 Å². The third-order valence-electron chi connectivity index (χ3n) is 2.86. The van der Waals surface area contributed by atoms with E-state index in [1.165, 1.54) is 0 Å². The first-order valence-electron chi connectivity index (χ1n) is 6.92. The van der Waals surface area contributed by atoms with Crippen LogP contribution in [-0.4, -0.2) is 17.4 Å². The average molecular weight is 358 g/mol. The second-order valence-electron chi connectivity index (χ2n) is 4.59. The van der Waals surface area contributed by atoms with Gasteiger partial charge in [0.25, 0.3) is 0 Å². The molecule has 0 unspecified atom stereocenters. The molecule has 0 atom stereocenters. The van der Waals surface area contributed by atoms with Crippen molar-refractivity contribution in [2.24, 2.45) is 5.73 Å². The van der Waals surface area contributed by atoms with E-state index in [2.05, 4.69) is 10.3 Å². The first-order valence-corrected chi connectivity index (χ1v) is 6.92. The molecule has 2 rings (SSSR count). The summed E-state index contributed by atoms with van der Waals surface area (Å²) in [6.07, 6.45) is 2.86. The molecule has 7 heteroatoms. The number of pyridine rings is 1. The van der Waals surface area contributed by atoms with E-state index in [-0.39, 0.29) is 30.7 Å². The van der Waals surface area contributed by atoms with Crippen LogP contribution < -0.4 is 15.8 Å². The van der Waals surface area contributed by atoms with Gasteiger partial charge in [0.15, 0.2) is 0 Å². The van der Waals surface area contributed by atoms with Crippen LogP contribution >= 0.6 is 24.8 Å². The number of aromatic nitrogens is 1. The first-order chi connectivity index (χ1) is 10.3. The number of nitrogens with zero attached hydrogens (tertiary/aromatic N) is 1. The van der Waals surface area contributed by atoms with Gasteiger partial charge in [0.2, 0.25) is 11.8 Å². The summed E-state index contributed by atoms with van der Waals surface area (Å²) in [6, 6.07) is 13.1. The largest absolute Gasteiger partial charge is 0.439 e. The number of benzene rings is 1. The van der Waals surface area contributed by atoms with Crippen LogP contribution in [0.2, 0.25) is 0 Å². The molecule has 1 aromatic carbocycles. The van der Waals surface area contributed by atoms with Gasteiger partial charge in [-0.1, -0.05) is 24.3 Å². The Labute approximate surface area is 148 Å². The van der Waals surface area contributed by atoms with Crippen LogP contribution in [0.3, 0.4) is 0 Å². The van der Waals surface area contributed by atoms with E-state index in [1.807, 2.05) is 36.4 Å². The van der Waals surface area contributed by atoms with Crippen molar-refractivity contribution in [2.45, 2.75) is 19.4 Å². The lowest BCUT2D eigenvalue weighted by atomic mass is 10.2. The summed E-state index contributed by atoms with van der Waals surface area (Å²) >= 11 is 0. The van der Waals surface area contributed by atoms with E-state index in [4.69, 9.17) is 10.5 Å².